The number of hydrogen-bond acceptors (Lipinski definition) is 7. The summed E-state index contributed by atoms with van der Waals surface area (Å²) in [5.74, 6) is -0.0272. The zero-order chi connectivity index (χ0) is 23.1. The van der Waals surface area contributed by atoms with E-state index in [1.807, 2.05) is 13.0 Å². The number of piperidine rings is 1. The van der Waals surface area contributed by atoms with E-state index in [2.05, 4.69) is 46.3 Å². The molecule has 2 aromatic rings. The maximum Gasteiger partial charge on any atom is 0.417 e. The monoisotopic (exact) mass is 438 g/mol. The zero-order valence-corrected chi connectivity index (χ0v) is 19.2. The Kier molecular flexibility index (Phi) is 5.67. The van der Waals surface area contributed by atoms with E-state index in [1.54, 1.807) is 6.20 Å². The van der Waals surface area contributed by atoms with Crippen molar-refractivity contribution in [1.82, 2.24) is 24.3 Å². The van der Waals surface area contributed by atoms with Gasteiger partial charge in [-0.05, 0) is 17.9 Å². The summed E-state index contributed by atoms with van der Waals surface area (Å²) in [7, 11) is 0. The van der Waals surface area contributed by atoms with E-state index < -0.39 is 11.7 Å². The number of carbonyl (C=O) groups excluding carboxylic acids is 2. The Hall–Kier alpha value is -2.99. The highest BCUT2D eigenvalue weighted by Gasteiger charge is 2.54. The highest BCUT2D eigenvalue weighted by atomic mass is 16.6. The Balaban J connectivity index is 1.54. The number of nitrogens with zero attached hydrogens (tertiary/aromatic N) is 6. The summed E-state index contributed by atoms with van der Waals surface area (Å²) >= 11 is 0. The first-order chi connectivity index (χ1) is 15.2. The van der Waals surface area contributed by atoms with Crippen LogP contribution in [-0.4, -0.2) is 61.6 Å². The molecule has 1 spiro atoms. The Labute approximate surface area is 188 Å². The van der Waals surface area contributed by atoms with Gasteiger partial charge in [0.1, 0.15) is 11.7 Å². The van der Waals surface area contributed by atoms with Gasteiger partial charge in [0.2, 0.25) is 5.82 Å². The summed E-state index contributed by atoms with van der Waals surface area (Å²) < 4.78 is 7.76. The van der Waals surface area contributed by atoms with Gasteiger partial charge in [0.15, 0.2) is 5.60 Å². The van der Waals surface area contributed by atoms with Gasteiger partial charge < -0.3 is 9.30 Å². The van der Waals surface area contributed by atoms with Gasteiger partial charge in [-0.15, -0.1) is 0 Å². The number of amides is 2. The fraction of sp³-hybridized carbons (Fsp3) is 0.609. The standard InChI is InChI=1S/C23H30N6O3/c1-5-8-28-20(30)23(32-21(28)31)6-9-27(10-7-23)14-17-11-16-13-25-18(12-24)26-19(16)29(17)15-22(2,3)4/h11,13H,5-10,14-15H2,1-4H3. The Bertz CT molecular complexity index is 1090. The van der Waals surface area contributed by atoms with Crippen molar-refractivity contribution >= 4 is 23.0 Å². The second kappa shape index (κ2) is 8.17. The SMILES string of the molecule is CCCN1C(=O)OC2(CCN(Cc3cc4cnc(C#N)nc4n3CC(C)(C)C)CC2)C1=O. The molecule has 2 saturated heterocycles. The minimum absolute atomic E-state index is 0.0254. The number of nitriles is 1. The number of fused-ring (bicyclic) bond motifs is 1. The lowest BCUT2D eigenvalue weighted by molar-refractivity contribution is -0.140. The summed E-state index contributed by atoms with van der Waals surface area (Å²) in [5, 5.41) is 10.1. The molecular formula is C23H30N6O3. The molecule has 9 heteroatoms. The second-order valence-electron chi connectivity index (χ2n) is 9.96. The summed E-state index contributed by atoms with van der Waals surface area (Å²) in [6.45, 7) is 11.6. The molecule has 2 amide bonds. The third-order valence-corrected chi connectivity index (χ3v) is 6.09. The van der Waals surface area contributed by atoms with Crippen molar-refractivity contribution in [2.75, 3.05) is 19.6 Å². The maximum absolute atomic E-state index is 12.9. The molecule has 0 bridgehead atoms. The largest absolute Gasteiger partial charge is 0.432 e. The fourth-order valence-electron chi connectivity index (χ4n) is 4.56. The lowest BCUT2D eigenvalue weighted by Crippen LogP contribution is -2.50. The molecule has 0 N–H and O–H groups in total. The average Bonchev–Trinajstić information content (AvgIpc) is 3.18. The van der Waals surface area contributed by atoms with Crippen molar-refractivity contribution in [1.29, 1.82) is 5.26 Å². The minimum atomic E-state index is -1.01. The maximum atomic E-state index is 12.9. The minimum Gasteiger partial charge on any atom is -0.432 e. The lowest BCUT2D eigenvalue weighted by atomic mass is 9.90. The molecule has 2 fully saturated rings. The quantitative estimate of drug-likeness (QED) is 0.706. The second-order valence-corrected chi connectivity index (χ2v) is 9.96. The van der Waals surface area contributed by atoms with Gasteiger partial charge in [0.05, 0.1) is 0 Å². The zero-order valence-electron chi connectivity index (χ0n) is 19.2. The molecule has 0 saturated carbocycles. The fourth-order valence-corrected chi connectivity index (χ4v) is 4.56. The van der Waals surface area contributed by atoms with Crippen LogP contribution in [0.15, 0.2) is 12.3 Å². The third-order valence-electron chi connectivity index (χ3n) is 6.09. The van der Waals surface area contributed by atoms with E-state index in [9.17, 15) is 14.9 Å². The number of aromatic nitrogens is 3. The predicted molar refractivity (Wildman–Crippen MR) is 117 cm³/mol. The first-order valence-electron chi connectivity index (χ1n) is 11.2. The number of carbonyl (C=O) groups is 2. The van der Waals surface area contributed by atoms with Gasteiger partial charge in [-0.3, -0.25) is 9.69 Å². The van der Waals surface area contributed by atoms with Gasteiger partial charge >= 0.3 is 6.09 Å². The Morgan fingerprint density at radius 1 is 1.25 bits per heavy atom. The van der Waals surface area contributed by atoms with Crippen molar-refractivity contribution in [2.45, 2.75) is 65.6 Å². The van der Waals surface area contributed by atoms with E-state index in [1.165, 1.54) is 4.90 Å². The molecule has 2 aromatic heterocycles. The first kappa shape index (κ1) is 22.2. The van der Waals surface area contributed by atoms with Crippen LogP contribution < -0.4 is 0 Å². The number of ether oxygens (including phenoxy) is 1. The van der Waals surface area contributed by atoms with E-state index in [0.29, 0.717) is 39.0 Å². The smallest absolute Gasteiger partial charge is 0.417 e. The van der Waals surface area contributed by atoms with Crippen LogP contribution in [0.2, 0.25) is 0 Å². The highest BCUT2D eigenvalue weighted by molar-refractivity contribution is 6.03. The van der Waals surface area contributed by atoms with Crippen LogP contribution in [-0.2, 0) is 22.6 Å². The van der Waals surface area contributed by atoms with E-state index in [4.69, 9.17) is 4.74 Å². The van der Waals surface area contributed by atoms with Crippen LogP contribution in [0.5, 0.6) is 0 Å². The molecule has 9 nitrogen and oxygen atoms in total. The molecule has 4 heterocycles. The summed E-state index contributed by atoms with van der Waals surface area (Å²) in [6.07, 6.45) is 2.90. The van der Waals surface area contributed by atoms with Crippen LogP contribution in [0.4, 0.5) is 4.79 Å². The molecule has 2 aliphatic rings. The Morgan fingerprint density at radius 3 is 2.59 bits per heavy atom. The van der Waals surface area contributed by atoms with E-state index >= 15 is 0 Å². The summed E-state index contributed by atoms with van der Waals surface area (Å²) in [6, 6.07) is 4.10. The third kappa shape index (κ3) is 4.07. The van der Waals surface area contributed by atoms with Crippen molar-refractivity contribution in [3.05, 3.63) is 23.8 Å². The van der Waals surface area contributed by atoms with Gasteiger partial charge in [-0.25, -0.2) is 19.7 Å². The highest BCUT2D eigenvalue weighted by Crippen LogP contribution is 2.35. The predicted octanol–water partition coefficient (Wildman–Crippen LogP) is 3.07. The van der Waals surface area contributed by atoms with Crippen molar-refractivity contribution < 1.29 is 14.3 Å². The van der Waals surface area contributed by atoms with Crippen LogP contribution in [0.25, 0.3) is 11.0 Å². The topological polar surface area (TPSA) is 104 Å². The number of hydrogen-bond donors (Lipinski definition) is 0. The van der Waals surface area contributed by atoms with Gasteiger partial charge in [0, 0.05) is 62.8 Å². The molecule has 2 aliphatic heterocycles. The molecule has 0 radical (unpaired) electrons. The summed E-state index contributed by atoms with van der Waals surface area (Å²) in [5.41, 5.74) is 0.883. The van der Waals surface area contributed by atoms with Crippen LogP contribution in [0.3, 0.4) is 0 Å². The molecule has 32 heavy (non-hydrogen) atoms. The Morgan fingerprint density at radius 2 is 1.97 bits per heavy atom. The average molecular weight is 439 g/mol. The van der Waals surface area contributed by atoms with Crippen molar-refractivity contribution in [3.63, 3.8) is 0 Å². The van der Waals surface area contributed by atoms with E-state index in [0.717, 1.165) is 29.7 Å². The van der Waals surface area contributed by atoms with Crippen molar-refractivity contribution in [2.24, 2.45) is 5.41 Å². The molecular weight excluding hydrogens is 408 g/mol. The molecule has 4 rings (SSSR count). The molecule has 0 atom stereocenters. The molecule has 0 aliphatic carbocycles. The number of likely N-dealkylation sites (tertiary alicyclic amines) is 1. The molecule has 170 valence electrons. The van der Waals surface area contributed by atoms with Crippen LogP contribution in [0, 0.1) is 16.7 Å². The van der Waals surface area contributed by atoms with Gasteiger partial charge in [-0.1, -0.05) is 27.7 Å². The number of imide groups is 1. The lowest BCUT2D eigenvalue weighted by Gasteiger charge is -2.36. The van der Waals surface area contributed by atoms with Gasteiger partial charge in [-0.2, -0.15) is 5.26 Å². The number of rotatable bonds is 5. The van der Waals surface area contributed by atoms with Crippen LogP contribution >= 0.6 is 0 Å². The first-order valence-corrected chi connectivity index (χ1v) is 11.2. The van der Waals surface area contributed by atoms with Gasteiger partial charge in [0.25, 0.3) is 5.91 Å². The molecule has 0 unspecified atom stereocenters. The van der Waals surface area contributed by atoms with Crippen molar-refractivity contribution in [3.8, 4) is 6.07 Å². The van der Waals surface area contributed by atoms with E-state index in [-0.39, 0.29) is 17.1 Å². The normalized spacial score (nSPS) is 19.0. The summed E-state index contributed by atoms with van der Waals surface area (Å²) in [4.78, 5) is 37.1. The molecule has 0 aromatic carbocycles. The van der Waals surface area contributed by atoms with Crippen LogP contribution in [0.1, 0.15) is 58.5 Å².